The first kappa shape index (κ1) is 20.4. The molecule has 0 bridgehead atoms. The van der Waals surface area contributed by atoms with Crippen LogP contribution in [0.4, 0.5) is 0 Å². The molecule has 4 rings (SSSR count). The number of nitrogens with one attached hydrogen (secondary N) is 1. The van der Waals surface area contributed by atoms with Gasteiger partial charge in [0.2, 0.25) is 5.91 Å². The van der Waals surface area contributed by atoms with Crippen LogP contribution >= 0.6 is 0 Å². The predicted octanol–water partition coefficient (Wildman–Crippen LogP) is 3.58. The van der Waals surface area contributed by atoms with Gasteiger partial charge in [0.15, 0.2) is 0 Å². The zero-order valence-electron chi connectivity index (χ0n) is 17.6. The molecule has 158 valence electrons. The number of fused-ring (bicyclic) bond motifs is 2. The Morgan fingerprint density at radius 1 is 1.03 bits per heavy atom. The fraction of sp³-hybridized carbons (Fsp3) is 0.667. The minimum Gasteiger partial charge on any atom is -0.356 e. The lowest BCUT2D eigenvalue weighted by Gasteiger charge is -2.44. The van der Waals surface area contributed by atoms with Gasteiger partial charge in [0.1, 0.15) is 0 Å². The van der Waals surface area contributed by atoms with Crippen molar-refractivity contribution in [3.63, 3.8) is 0 Å². The number of unbranched alkanes of at least 4 members (excludes halogenated alkanes) is 2. The van der Waals surface area contributed by atoms with Gasteiger partial charge in [-0.1, -0.05) is 31.0 Å². The molecule has 2 atom stereocenters. The van der Waals surface area contributed by atoms with E-state index in [0.29, 0.717) is 18.4 Å². The maximum absolute atomic E-state index is 12.4. The molecule has 2 amide bonds. The fourth-order valence-corrected chi connectivity index (χ4v) is 5.41. The number of rotatable bonds is 8. The third kappa shape index (κ3) is 5.00. The van der Waals surface area contributed by atoms with Gasteiger partial charge in [-0.25, -0.2) is 0 Å². The van der Waals surface area contributed by atoms with Crippen molar-refractivity contribution in [2.75, 3.05) is 26.2 Å². The molecule has 0 unspecified atom stereocenters. The van der Waals surface area contributed by atoms with Crippen molar-refractivity contribution in [3.05, 3.63) is 35.4 Å². The van der Waals surface area contributed by atoms with Gasteiger partial charge >= 0.3 is 0 Å². The molecule has 1 aromatic rings. The number of carbonyl (C=O) groups is 2. The molecular weight excluding hydrogens is 362 g/mol. The lowest BCUT2D eigenvalue weighted by Crippen LogP contribution is -2.50. The molecule has 0 spiro atoms. The lowest BCUT2D eigenvalue weighted by atomic mass is 9.83. The molecule has 0 saturated carbocycles. The zero-order chi connectivity index (χ0) is 20.1. The number of benzene rings is 1. The van der Waals surface area contributed by atoms with Crippen molar-refractivity contribution >= 4 is 11.8 Å². The van der Waals surface area contributed by atoms with Crippen molar-refractivity contribution in [1.29, 1.82) is 0 Å². The van der Waals surface area contributed by atoms with Gasteiger partial charge in [0.05, 0.1) is 0 Å². The summed E-state index contributed by atoms with van der Waals surface area (Å²) in [5.74, 6) is 0.987. The first-order valence-corrected chi connectivity index (χ1v) is 11.6. The van der Waals surface area contributed by atoms with Crippen molar-refractivity contribution in [2.24, 2.45) is 5.92 Å². The second-order valence-electron chi connectivity index (χ2n) is 9.00. The second kappa shape index (κ2) is 9.75. The van der Waals surface area contributed by atoms with Gasteiger partial charge in [-0.2, -0.15) is 0 Å². The summed E-state index contributed by atoms with van der Waals surface area (Å²) in [4.78, 5) is 29.2. The van der Waals surface area contributed by atoms with Crippen LogP contribution in [0.15, 0.2) is 24.3 Å². The topological polar surface area (TPSA) is 52.7 Å². The van der Waals surface area contributed by atoms with Crippen LogP contribution in [-0.4, -0.2) is 53.8 Å². The van der Waals surface area contributed by atoms with E-state index >= 15 is 0 Å². The molecule has 1 aromatic carbocycles. The lowest BCUT2D eigenvalue weighted by molar-refractivity contribution is -0.121. The van der Waals surface area contributed by atoms with Crippen LogP contribution in [0.1, 0.15) is 73.7 Å². The Bertz CT molecular complexity index is 718. The third-order valence-corrected chi connectivity index (χ3v) is 7.02. The zero-order valence-corrected chi connectivity index (χ0v) is 17.6. The van der Waals surface area contributed by atoms with Crippen molar-refractivity contribution < 1.29 is 9.59 Å². The van der Waals surface area contributed by atoms with E-state index in [-0.39, 0.29) is 11.8 Å². The Morgan fingerprint density at radius 3 is 2.79 bits per heavy atom. The molecule has 3 heterocycles. The van der Waals surface area contributed by atoms with E-state index in [4.69, 9.17) is 0 Å². The summed E-state index contributed by atoms with van der Waals surface area (Å²) in [6.45, 7) is 4.86. The molecule has 5 nitrogen and oxygen atoms in total. The average Bonchev–Trinajstić information content (AvgIpc) is 3.08. The van der Waals surface area contributed by atoms with Gasteiger partial charge in [-0.3, -0.25) is 9.59 Å². The van der Waals surface area contributed by atoms with Crippen LogP contribution in [0.3, 0.4) is 0 Å². The Labute approximate surface area is 174 Å². The van der Waals surface area contributed by atoms with E-state index in [9.17, 15) is 9.59 Å². The van der Waals surface area contributed by atoms with Crippen LogP contribution in [0.5, 0.6) is 0 Å². The SMILES string of the molecule is O=C(CCCCCN1Cc2ccccc2C1=O)NC[C@@H]1CCCN2CCCC[C@H]12. The maximum atomic E-state index is 12.4. The molecule has 1 N–H and O–H groups in total. The summed E-state index contributed by atoms with van der Waals surface area (Å²) in [7, 11) is 0. The predicted molar refractivity (Wildman–Crippen MR) is 115 cm³/mol. The van der Waals surface area contributed by atoms with Crippen molar-refractivity contribution in [2.45, 2.75) is 70.4 Å². The number of amides is 2. The van der Waals surface area contributed by atoms with Crippen molar-refractivity contribution in [3.8, 4) is 0 Å². The minimum absolute atomic E-state index is 0.155. The van der Waals surface area contributed by atoms with E-state index in [2.05, 4.69) is 10.2 Å². The highest BCUT2D eigenvalue weighted by atomic mass is 16.2. The Balaban J connectivity index is 1.10. The molecule has 0 aromatic heterocycles. The van der Waals surface area contributed by atoms with Gasteiger partial charge in [0.25, 0.3) is 5.91 Å². The fourth-order valence-electron chi connectivity index (χ4n) is 5.41. The normalized spacial score (nSPS) is 24.3. The van der Waals surface area contributed by atoms with Gasteiger partial charge in [-0.05, 0) is 69.2 Å². The summed E-state index contributed by atoms with van der Waals surface area (Å²) < 4.78 is 0. The molecule has 2 saturated heterocycles. The Morgan fingerprint density at radius 2 is 1.90 bits per heavy atom. The molecular formula is C24H35N3O2. The van der Waals surface area contributed by atoms with E-state index in [1.165, 1.54) is 45.2 Å². The van der Waals surface area contributed by atoms with Gasteiger partial charge < -0.3 is 15.1 Å². The summed E-state index contributed by atoms with van der Waals surface area (Å²) in [5.41, 5.74) is 1.99. The molecule has 5 heteroatoms. The highest BCUT2D eigenvalue weighted by molar-refractivity contribution is 5.98. The molecule has 0 radical (unpaired) electrons. The van der Waals surface area contributed by atoms with E-state index in [1.807, 2.05) is 29.2 Å². The summed E-state index contributed by atoms with van der Waals surface area (Å²) >= 11 is 0. The summed E-state index contributed by atoms with van der Waals surface area (Å²) in [6, 6.07) is 8.57. The van der Waals surface area contributed by atoms with Crippen molar-refractivity contribution in [1.82, 2.24) is 15.1 Å². The van der Waals surface area contributed by atoms with Gasteiger partial charge in [-0.15, -0.1) is 0 Å². The standard InChI is InChI=1S/C24H35N3O2/c28-23(25-17-19-10-8-16-26-14-7-5-12-22(19)26)13-2-1-6-15-27-18-20-9-3-4-11-21(20)24(27)29/h3-4,9,11,19,22H,1-2,5-8,10,12-18H2,(H,25,28)/t19-,22+/m0/s1. The maximum Gasteiger partial charge on any atom is 0.254 e. The first-order chi connectivity index (χ1) is 14.2. The molecule has 2 fully saturated rings. The quantitative estimate of drug-likeness (QED) is 0.682. The van der Waals surface area contributed by atoms with Crippen LogP contribution < -0.4 is 5.32 Å². The minimum atomic E-state index is 0.155. The molecule has 0 aliphatic carbocycles. The van der Waals surface area contributed by atoms with E-state index in [0.717, 1.165) is 50.0 Å². The molecule has 3 aliphatic heterocycles. The van der Waals surface area contributed by atoms with E-state index < -0.39 is 0 Å². The largest absolute Gasteiger partial charge is 0.356 e. The summed E-state index contributed by atoms with van der Waals surface area (Å²) in [5, 5.41) is 3.21. The third-order valence-electron chi connectivity index (χ3n) is 7.02. The van der Waals surface area contributed by atoms with Crippen LogP contribution in [0.2, 0.25) is 0 Å². The molecule has 3 aliphatic rings. The highest BCUT2D eigenvalue weighted by Gasteiger charge is 2.32. The van der Waals surface area contributed by atoms with E-state index in [1.54, 1.807) is 0 Å². The number of nitrogens with zero attached hydrogens (tertiary/aromatic N) is 2. The number of hydrogen-bond donors (Lipinski definition) is 1. The van der Waals surface area contributed by atoms with Crippen LogP contribution in [-0.2, 0) is 11.3 Å². The van der Waals surface area contributed by atoms with Crippen LogP contribution in [0.25, 0.3) is 0 Å². The number of hydrogen-bond acceptors (Lipinski definition) is 3. The monoisotopic (exact) mass is 397 g/mol. The highest BCUT2D eigenvalue weighted by Crippen LogP contribution is 2.30. The Hall–Kier alpha value is -1.88. The second-order valence-corrected chi connectivity index (χ2v) is 9.00. The Kier molecular flexibility index (Phi) is 6.86. The van der Waals surface area contributed by atoms with Gasteiger partial charge in [0, 0.05) is 37.7 Å². The smallest absolute Gasteiger partial charge is 0.254 e. The first-order valence-electron chi connectivity index (χ1n) is 11.6. The van der Waals surface area contributed by atoms with Crippen LogP contribution in [0, 0.1) is 5.92 Å². The molecule has 29 heavy (non-hydrogen) atoms. The number of carbonyl (C=O) groups excluding carboxylic acids is 2. The average molecular weight is 398 g/mol. The number of piperidine rings is 2. The summed E-state index contributed by atoms with van der Waals surface area (Å²) in [6.07, 6.45) is 9.99.